The van der Waals surface area contributed by atoms with Crippen molar-refractivity contribution >= 4 is 0 Å². The second kappa shape index (κ2) is 7.86. The standard InChI is InChI=1S/C20H25FN2O/c1-15-5-3-11-22-18(15)14-23-12-4-6-20(24-2)19(23)13-16-7-9-17(21)10-8-16/h3,5,7-11,19-20H,4,6,12-14H2,1-2H3/t19-,20-/m0/s1. The molecule has 1 fully saturated rings. The lowest BCUT2D eigenvalue weighted by atomic mass is 9.92. The summed E-state index contributed by atoms with van der Waals surface area (Å²) >= 11 is 0. The highest BCUT2D eigenvalue weighted by Gasteiger charge is 2.32. The summed E-state index contributed by atoms with van der Waals surface area (Å²) in [5.41, 5.74) is 3.49. The van der Waals surface area contributed by atoms with Gasteiger partial charge in [0, 0.05) is 25.9 Å². The first-order chi connectivity index (χ1) is 11.7. The molecule has 1 aliphatic rings. The largest absolute Gasteiger partial charge is 0.380 e. The van der Waals surface area contributed by atoms with Crippen LogP contribution in [0, 0.1) is 12.7 Å². The zero-order valence-electron chi connectivity index (χ0n) is 14.4. The summed E-state index contributed by atoms with van der Waals surface area (Å²) in [6.45, 7) is 3.98. The van der Waals surface area contributed by atoms with Gasteiger partial charge in [0.1, 0.15) is 5.82 Å². The van der Waals surface area contributed by atoms with Crippen LogP contribution < -0.4 is 0 Å². The Labute approximate surface area is 143 Å². The Morgan fingerprint density at radius 1 is 1.25 bits per heavy atom. The van der Waals surface area contributed by atoms with Gasteiger partial charge in [-0.3, -0.25) is 9.88 Å². The van der Waals surface area contributed by atoms with E-state index in [4.69, 9.17) is 4.74 Å². The van der Waals surface area contributed by atoms with Crippen molar-refractivity contribution in [1.29, 1.82) is 0 Å². The molecular weight excluding hydrogens is 303 g/mol. The molecule has 0 saturated carbocycles. The number of hydrogen-bond donors (Lipinski definition) is 0. The lowest BCUT2D eigenvalue weighted by Gasteiger charge is -2.41. The van der Waals surface area contributed by atoms with Gasteiger partial charge in [-0.15, -0.1) is 0 Å². The number of benzene rings is 1. The van der Waals surface area contributed by atoms with E-state index in [0.29, 0.717) is 0 Å². The summed E-state index contributed by atoms with van der Waals surface area (Å²) in [5, 5.41) is 0. The second-order valence-corrected chi connectivity index (χ2v) is 6.55. The number of piperidine rings is 1. The Morgan fingerprint density at radius 3 is 2.75 bits per heavy atom. The van der Waals surface area contributed by atoms with Gasteiger partial charge in [0.25, 0.3) is 0 Å². The van der Waals surface area contributed by atoms with Crippen LogP contribution in [0.4, 0.5) is 4.39 Å². The molecule has 1 aromatic carbocycles. The lowest BCUT2D eigenvalue weighted by Crippen LogP contribution is -2.49. The average molecular weight is 328 g/mol. The lowest BCUT2D eigenvalue weighted by molar-refractivity contribution is -0.0223. The van der Waals surface area contributed by atoms with E-state index in [2.05, 4.69) is 22.9 Å². The zero-order valence-corrected chi connectivity index (χ0v) is 14.4. The highest BCUT2D eigenvalue weighted by Crippen LogP contribution is 2.25. The zero-order chi connectivity index (χ0) is 16.9. The molecule has 4 heteroatoms. The molecule has 24 heavy (non-hydrogen) atoms. The van der Waals surface area contributed by atoms with Gasteiger partial charge < -0.3 is 4.74 Å². The van der Waals surface area contributed by atoms with Crippen molar-refractivity contribution in [2.45, 2.75) is 44.9 Å². The van der Waals surface area contributed by atoms with Crippen LogP contribution in [0.3, 0.4) is 0 Å². The van der Waals surface area contributed by atoms with E-state index in [0.717, 1.165) is 43.6 Å². The summed E-state index contributed by atoms with van der Waals surface area (Å²) in [4.78, 5) is 7.01. The SMILES string of the molecule is CO[C@H]1CCCN(Cc2ncccc2C)[C@H]1Cc1ccc(F)cc1. The molecule has 1 saturated heterocycles. The van der Waals surface area contributed by atoms with Crippen LogP contribution in [0.15, 0.2) is 42.6 Å². The Morgan fingerprint density at radius 2 is 2.04 bits per heavy atom. The summed E-state index contributed by atoms with van der Waals surface area (Å²) in [6.07, 6.45) is 5.12. The first-order valence-corrected chi connectivity index (χ1v) is 8.59. The third-order valence-electron chi connectivity index (χ3n) is 4.96. The number of likely N-dealkylation sites (tertiary alicyclic amines) is 1. The van der Waals surface area contributed by atoms with Gasteiger partial charge in [0.05, 0.1) is 11.8 Å². The van der Waals surface area contributed by atoms with Crippen LogP contribution >= 0.6 is 0 Å². The molecule has 3 nitrogen and oxygen atoms in total. The highest BCUT2D eigenvalue weighted by molar-refractivity contribution is 5.20. The molecule has 2 heterocycles. The van der Waals surface area contributed by atoms with Gasteiger partial charge in [0.15, 0.2) is 0 Å². The van der Waals surface area contributed by atoms with Gasteiger partial charge in [-0.2, -0.15) is 0 Å². The molecule has 2 atom stereocenters. The molecule has 2 aromatic rings. The molecule has 0 aliphatic carbocycles. The fourth-order valence-electron chi connectivity index (χ4n) is 3.56. The van der Waals surface area contributed by atoms with Crippen molar-refractivity contribution < 1.29 is 9.13 Å². The van der Waals surface area contributed by atoms with Crippen molar-refractivity contribution in [1.82, 2.24) is 9.88 Å². The van der Waals surface area contributed by atoms with Crippen LogP contribution in [-0.2, 0) is 17.7 Å². The van der Waals surface area contributed by atoms with Gasteiger partial charge in [-0.25, -0.2) is 4.39 Å². The predicted molar refractivity (Wildman–Crippen MR) is 93.3 cm³/mol. The van der Waals surface area contributed by atoms with E-state index in [1.54, 1.807) is 7.11 Å². The predicted octanol–water partition coefficient (Wildman–Crippen LogP) is 3.75. The first kappa shape index (κ1) is 17.1. The number of aryl methyl sites for hydroxylation is 1. The number of aromatic nitrogens is 1. The molecule has 1 aromatic heterocycles. The second-order valence-electron chi connectivity index (χ2n) is 6.55. The number of methoxy groups -OCH3 is 1. The van der Waals surface area contributed by atoms with Gasteiger partial charge in [0.2, 0.25) is 0 Å². The Kier molecular flexibility index (Phi) is 5.59. The fraction of sp³-hybridized carbons (Fsp3) is 0.450. The molecule has 128 valence electrons. The normalized spacial score (nSPS) is 21.8. The van der Waals surface area contributed by atoms with Gasteiger partial charge >= 0.3 is 0 Å². The maximum absolute atomic E-state index is 13.2. The minimum absolute atomic E-state index is 0.188. The molecule has 0 N–H and O–H groups in total. The monoisotopic (exact) mass is 328 g/mol. The van der Waals surface area contributed by atoms with E-state index in [1.165, 1.54) is 17.7 Å². The summed E-state index contributed by atoms with van der Waals surface area (Å²) in [6, 6.07) is 11.2. The number of halogens is 1. The van der Waals surface area contributed by atoms with Crippen LogP contribution in [0.1, 0.15) is 29.7 Å². The summed E-state index contributed by atoms with van der Waals surface area (Å²) in [5.74, 6) is -0.188. The van der Waals surface area contributed by atoms with Crippen LogP contribution in [0.5, 0.6) is 0 Å². The third-order valence-corrected chi connectivity index (χ3v) is 4.96. The van der Waals surface area contributed by atoms with Crippen molar-refractivity contribution in [3.63, 3.8) is 0 Å². The summed E-state index contributed by atoms with van der Waals surface area (Å²) < 4.78 is 18.9. The molecule has 0 unspecified atom stereocenters. The minimum atomic E-state index is -0.188. The van der Waals surface area contributed by atoms with E-state index in [-0.39, 0.29) is 18.0 Å². The van der Waals surface area contributed by atoms with Crippen molar-refractivity contribution in [3.8, 4) is 0 Å². The maximum atomic E-state index is 13.2. The third kappa shape index (κ3) is 4.00. The van der Waals surface area contributed by atoms with E-state index in [1.807, 2.05) is 24.4 Å². The Bertz CT molecular complexity index is 659. The molecule has 1 aliphatic heterocycles. The van der Waals surface area contributed by atoms with Gasteiger partial charge in [-0.1, -0.05) is 18.2 Å². The molecule has 0 bridgehead atoms. The Balaban J connectivity index is 1.79. The van der Waals surface area contributed by atoms with Crippen LogP contribution in [0.25, 0.3) is 0 Å². The number of pyridine rings is 1. The van der Waals surface area contributed by atoms with Crippen LogP contribution in [0.2, 0.25) is 0 Å². The number of ether oxygens (including phenoxy) is 1. The fourth-order valence-corrected chi connectivity index (χ4v) is 3.56. The van der Waals surface area contributed by atoms with E-state index < -0.39 is 0 Å². The van der Waals surface area contributed by atoms with Crippen molar-refractivity contribution in [2.75, 3.05) is 13.7 Å². The van der Waals surface area contributed by atoms with Crippen molar-refractivity contribution in [2.24, 2.45) is 0 Å². The van der Waals surface area contributed by atoms with Crippen LogP contribution in [-0.4, -0.2) is 35.7 Å². The van der Waals surface area contributed by atoms with Gasteiger partial charge in [-0.05, 0) is 62.1 Å². The average Bonchev–Trinajstić information content (AvgIpc) is 2.60. The number of nitrogens with zero attached hydrogens (tertiary/aromatic N) is 2. The van der Waals surface area contributed by atoms with Crippen molar-refractivity contribution in [3.05, 3.63) is 65.2 Å². The molecule has 3 rings (SSSR count). The highest BCUT2D eigenvalue weighted by atomic mass is 19.1. The number of rotatable bonds is 5. The van der Waals surface area contributed by atoms with E-state index in [9.17, 15) is 4.39 Å². The number of hydrogen-bond acceptors (Lipinski definition) is 3. The summed E-state index contributed by atoms with van der Waals surface area (Å²) in [7, 11) is 1.79. The minimum Gasteiger partial charge on any atom is -0.380 e. The first-order valence-electron chi connectivity index (χ1n) is 8.59. The molecular formula is C20H25FN2O. The quantitative estimate of drug-likeness (QED) is 0.836. The molecule has 0 amide bonds. The maximum Gasteiger partial charge on any atom is 0.123 e. The molecule has 0 spiro atoms. The smallest absolute Gasteiger partial charge is 0.123 e. The van der Waals surface area contributed by atoms with E-state index >= 15 is 0 Å². The molecule has 0 radical (unpaired) electrons. The Hall–Kier alpha value is -1.78. The topological polar surface area (TPSA) is 25.4 Å².